The number of anilines is 1. The molecule has 1 atom stereocenters. The van der Waals surface area contributed by atoms with Crippen LogP contribution in [0, 0.1) is 0 Å². The van der Waals surface area contributed by atoms with Crippen molar-refractivity contribution in [3.05, 3.63) is 57.7 Å². The Morgan fingerprint density at radius 1 is 1.21 bits per heavy atom. The molecular weight excluding hydrogens is 406 g/mol. The third-order valence-electron chi connectivity index (χ3n) is 4.06. The van der Waals surface area contributed by atoms with Gasteiger partial charge >= 0.3 is 0 Å². The fraction of sp³-hybridized carbons (Fsp3) is 0.238. The predicted molar refractivity (Wildman–Crippen MR) is 117 cm³/mol. The van der Waals surface area contributed by atoms with Gasteiger partial charge < -0.3 is 10.6 Å². The fourth-order valence-electron chi connectivity index (χ4n) is 2.72. The van der Waals surface area contributed by atoms with E-state index in [-0.39, 0.29) is 17.2 Å². The van der Waals surface area contributed by atoms with Gasteiger partial charge in [0, 0.05) is 5.54 Å². The number of amides is 2. The largest absolute Gasteiger partial charge is 0.354 e. The number of aromatic nitrogens is 1. The minimum Gasteiger partial charge on any atom is -0.354 e. The maximum atomic E-state index is 12.6. The molecule has 8 heteroatoms. The van der Waals surface area contributed by atoms with Gasteiger partial charge in [0.1, 0.15) is 5.92 Å². The van der Waals surface area contributed by atoms with E-state index in [1.165, 1.54) is 11.3 Å². The zero-order chi connectivity index (χ0) is 21.0. The lowest BCUT2D eigenvalue weighted by Crippen LogP contribution is -2.34. The van der Waals surface area contributed by atoms with E-state index in [0.717, 1.165) is 10.6 Å². The van der Waals surface area contributed by atoms with Crippen molar-refractivity contribution < 1.29 is 14.4 Å². The molecule has 0 saturated carbocycles. The lowest BCUT2D eigenvalue weighted by molar-refractivity contribution is -0.116. The minimum absolute atomic E-state index is 0.0677. The highest BCUT2D eigenvalue weighted by Gasteiger charge is 2.37. The summed E-state index contributed by atoms with van der Waals surface area (Å²) < 4.78 is 0. The van der Waals surface area contributed by atoms with E-state index in [4.69, 9.17) is 0 Å². The van der Waals surface area contributed by atoms with Crippen molar-refractivity contribution in [3.8, 4) is 10.6 Å². The van der Waals surface area contributed by atoms with E-state index in [2.05, 4.69) is 15.6 Å². The number of fused-ring (bicyclic) bond motifs is 1. The Kier molecular flexibility index (Phi) is 6.24. The van der Waals surface area contributed by atoms with Gasteiger partial charge in [-0.15, -0.1) is 22.7 Å². The van der Waals surface area contributed by atoms with Gasteiger partial charge in [-0.25, -0.2) is 0 Å². The number of rotatable bonds is 4. The van der Waals surface area contributed by atoms with Crippen molar-refractivity contribution in [2.24, 2.45) is 0 Å². The predicted octanol–water partition coefficient (Wildman–Crippen LogP) is 4.32. The second kappa shape index (κ2) is 8.67. The van der Waals surface area contributed by atoms with Gasteiger partial charge in [0.2, 0.25) is 12.3 Å². The van der Waals surface area contributed by atoms with Gasteiger partial charge in [-0.3, -0.25) is 19.4 Å². The number of thiophene rings is 2. The molecule has 0 aliphatic carbocycles. The molecule has 4 heterocycles. The number of ketones is 1. The number of carbonyl (C=O) groups is 3. The Labute approximate surface area is 177 Å². The van der Waals surface area contributed by atoms with E-state index in [1.807, 2.05) is 55.8 Å². The summed E-state index contributed by atoms with van der Waals surface area (Å²) in [7, 11) is 0. The minimum atomic E-state index is -0.782. The standard InChI is InChI=1S/C16H10N2O2S2.C5H11NO/c19-15(13-4-2-6-22-13)14-9-7-10(12-3-1-5-21-12)17-8-11(9)18-16(14)20;1-5(2,3)6-4-7/h1-8,14H,(H,18,20);4H,1-3H3,(H,6,7). The quantitative estimate of drug-likeness (QED) is 0.369. The number of Topliss-reactive ketones (excluding diaryl/α,β-unsaturated/α-hetero) is 1. The molecule has 1 aliphatic heterocycles. The van der Waals surface area contributed by atoms with Crippen molar-refractivity contribution in [1.82, 2.24) is 10.3 Å². The summed E-state index contributed by atoms with van der Waals surface area (Å²) in [4.78, 5) is 40.5. The number of hydrogen-bond donors (Lipinski definition) is 2. The first kappa shape index (κ1) is 20.9. The smallest absolute Gasteiger partial charge is 0.239 e. The van der Waals surface area contributed by atoms with Crippen LogP contribution >= 0.6 is 22.7 Å². The Balaban J connectivity index is 0.000000298. The second-order valence-corrected chi connectivity index (χ2v) is 9.31. The molecule has 3 aromatic rings. The van der Waals surface area contributed by atoms with Gasteiger partial charge in [0.25, 0.3) is 0 Å². The van der Waals surface area contributed by atoms with Crippen LogP contribution in [0.3, 0.4) is 0 Å². The summed E-state index contributed by atoms with van der Waals surface area (Å²) in [5.41, 5.74) is 2.05. The van der Waals surface area contributed by atoms with Crippen LogP contribution in [-0.4, -0.2) is 28.6 Å². The average Bonchev–Trinajstić information content (AvgIpc) is 3.40. The van der Waals surface area contributed by atoms with Crippen molar-refractivity contribution in [3.63, 3.8) is 0 Å². The van der Waals surface area contributed by atoms with Gasteiger partial charge in [-0.1, -0.05) is 12.1 Å². The lowest BCUT2D eigenvalue weighted by Gasteiger charge is -2.15. The van der Waals surface area contributed by atoms with Crippen molar-refractivity contribution in [2.75, 3.05) is 5.32 Å². The van der Waals surface area contributed by atoms with Crippen LogP contribution < -0.4 is 10.6 Å². The average molecular weight is 428 g/mol. The first-order chi connectivity index (χ1) is 13.8. The van der Waals surface area contributed by atoms with E-state index in [0.29, 0.717) is 22.5 Å². The van der Waals surface area contributed by atoms with E-state index < -0.39 is 5.92 Å². The molecule has 150 valence electrons. The summed E-state index contributed by atoms with van der Waals surface area (Å²) in [5.74, 6) is -1.22. The maximum absolute atomic E-state index is 12.6. The van der Waals surface area contributed by atoms with E-state index in [1.54, 1.807) is 23.6 Å². The summed E-state index contributed by atoms with van der Waals surface area (Å²) in [6.45, 7) is 5.80. The van der Waals surface area contributed by atoms with E-state index >= 15 is 0 Å². The topological polar surface area (TPSA) is 88.2 Å². The van der Waals surface area contributed by atoms with Crippen LogP contribution in [0.25, 0.3) is 10.6 Å². The molecule has 0 spiro atoms. The Morgan fingerprint density at radius 3 is 2.48 bits per heavy atom. The van der Waals surface area contributed by atoms with Crippen LogP contribution in [-0.2, 0) is 9.59 Å². The van der Waals surface area contributed by atoms with Crippen molar-refractivity contribution >= 4 is 46.5 Å². The van der Waals surface area contributed by atoms with Crippen LogP contribution in [0.5, 0.6) is 0 Å². The number of nitrogens with one attached hydrogen (secondary N) is 2. The van der Waals surface area contributed by atoms with Crippen LogP contribution in [0.4, 0.5) is 5.69 Å². The molecule has 0 radical (unpaired) electrons. The molecule has 0 saturated heterocycles. The third-order valence-corrected chi connectivity index (χ3v) is 5.84. The van der Waals surface area contributed by atoms with Crippen molar-refractivity contribution in [2.45, 2.75) is 32.2 Å². The molecular formula is C21H21N3O3S2. The fourth-order valence-corrected chi connectivity index (χ4v) is 4.11. The lowest BCUT2D eigenvalue weighted by atomic mass is 9.95. The van der Waals surface area contributed by atoms with Crippen molar-refractivity contribution in [1.29, 1.82) is 0 Å². The normalized spacial score (nSPS) is 15.0. The highest BCUT2D eigenvalue weighted by Crippen LogP contribution is 2.37. The van der Waals surface area contributed by atoms with E-state index in [9.17, 15) is 14.4 Å². The summed E-state index contributed by atoms with van der Waals surface area (Å²) in [5, 5.41) is 9.16. The second-order valence-electron chi connectivity index (χ2n) is 7.41. The van der Waals surface area contributed by atoms with Gasteiger partial charge in [0.15, 0.2) is 5.78 Å². The highest BCUT2D eigenvalue weighted by molar-refractivity contribution is 7.13. The number of hydrogen-bond acceptors (Lipinski definition) is 6. The molecule has 2 amide bonds. The van der Waals surface area contributed by atoms with Gasteiger partial charge in [0.05, 0.1) is 27.3 Å². The summed E-state index contributed by atoms with van der Waals surface area (Å²) in [6, 6.07) is 9.33. The molecule has 2 N–H and O–H groups in total. The van der Waals surface area contributed by atoms with Gasteiger partial charge in [-0.05, 0) is 55.3 Å². The molecule has 3 aromatic heterocycles. The molecule has 0 aromatic carbocycles. The van der Waals surface area contributed by atoms with Crippen LogP contribution in [0.15, 0.2) is 47.3 Å². The molecule has 4 rings (SSSR count). The molecule has 0 fully saturated rings. The molecule has 0 bridgehead atoms. The van der Waals surface area contributed by atoms with Gasteiger partial charge in [-0.2, -0.15) is 0 Å². The summed E-state index contributed by atoms with van der Waals surface area (Å²) in [6.07, 6.45) is 2.34. The number of carbonyl (C=O) groups excluding carboxylic acids is 3. The first-order valence-corrected chi connectivity index (χ1v) is 10.7. The Bertz CT molecular complexity index is 1010. The van der Waals surface area contributed by atoms with Crippen LogP contribution in [0.1, 0.15) is 41.9 Å². The summed E-state index contributed by atoms with van der Waals surface area (Å²) >= 11 is 2.93. The SMILES string of the molecule is CC(C)(C)NC=O.O=C1Nc2cnc(-c3cccs3)cc2C1C(=O)c1cccs1. The highest BCUT2D eigenvalue weighted by atomic mass is 32.1. The maximum Gasteiger partial charge on any atom is 0.239 e. The molecule has 29 heavy (non-hydrogen) atoms. The number of pyridine rings is 1. The first-order valence-electron chi connectivity index (χ1n) is 8.94. The molecule has 1 unspecified atom stereocenters. The monoisotopic (exact) mass is 427 g/mol. The zero-order valence-electron chi connectivity index (χ0n) is 16.3. The van der Waals surface area contributed by atoms with Crippen LogP contribution in [0.2, 0.25) is 0 Å². The zero-order valence-corrected chi connectivity index (χ0v) is 17.9. The third kappa shape index (κ3) is 4.96. The Morgan fingerprint density at radius 2 is 1.93 bits per heavy atom. The Hall–Kier alpha value is -2.84. The number of nitrogens with zero attached hydrogens (tertiary/aromatic N) is 1. The molecule has 6 nitrogen and oxygen atoms in total. The molecule has 1 aliphatic rings.